The van der Waals surface area contributed by atoms with E-state index in [4.69, 9.17) is 0 Å². The Morgan fingerprint density at radius 3 is 3.11 bits per heavy atom. The van der Waals surface area contributed by atoms with E-state index < -0.39 is 5.97 Å². The number of carboxylic acids is 1. The van der Waals surface area contributed by atoms with Gasteiger partial charge in [-0.1, -0.05) is 18.2 Å². The monoisotopic (exact) mass is 245 g/mol. The maximum atomic E-state index is 11.3. The summed E-state index contributed by atoms with van der Waals surface area (Å²) in [5.74, 6) is -0.569. The second-order valence-corrected chi connectivity index (χ2v) is 3.83. The minimum absolute atomic E-state index is 0.172. The maximum Gasteiger partial charge on any atom is 0.356 e. The second-order valence-electron chi connectivity index (χ2n) is 3.83. The Labute approximate surface area is 105 Å². The van der Waals surface area contributed by atoms with E-state index in [1.807, 2.05) is 25.1 Å². The highest BCUT2D eigenvalue weighted by Crippen LogP contribution is 2.17. The van der Waals surface area contributed by atoms with Crippen LogP contribution in [0.3, 0.4) is 0 Å². The molecule has 0 radical (unpaired) electrons. The van der Waals surface area contributed by atoms with E-state index in [-0.39, 0.29) is 5.69 Å². The molecule has 0 saturated carbocycles. The van der Waals surface area contributed by atoms with Gasteiger partial charge in [-0.15, -0.1) is 0 Å². The number of nitrogens with one attached hydrogen (secondary N) is 1. The summed E-state index contributed by atoms with van der Waals surface area (Å²) in [5.41, 5.74) is 0.800. The molecule has 18 heavy (non-hydrogen) atoms. The molecule has 0 aromatic carbocycles. The molecule has 0 unspecified atom stereocenters. The van der Waals surface area contributed by atoms with Gasteiger partial charge in [0.1, 0.15) is 5.65 Å². The molecule has 0 spiro atoms. The van der Waals surface area contributed by atoms with Crippen LogP contribution < -0.4 is 5.32 Å². The summed E-state index contributed by atoms with van der Waals surface area (Å²) < 4.78 is 1.57. The molecule has 5 heteroatoms. The summed E-state index contributed by atoms with van der Waals surface area (Å²) in [4.78, 5) is 15.5. The van der Waals surface area contributed by atoms with E-state index in [2.05, 4.69) is 10.3 Å². The molecule has 0 saturated heterocycles. The molecule has 2 aromatic heterocycles. The number of carboxylic acid groups (broad SMARTS) is 1. The first-order valence-electron chi connectivity index (χ1n) is 5.79. The molecule has 94 valence electrons. The Morgan fingerprint density at radius 1 is 1.56 bits per heavy atom. The van der Waals surface area contributed by atoms with Gasteiger partial charge in [-0.05, 0) is 25.5 Å². The van der Waals surface area contributed by atoms with Gasteiger partial charge in [0.2, 0.25) is 0 Å². The molecule has 0 aliphatic heterocycles. The van der Waals surface area contributed by atoms with Crippen molar-refractivity contribution < 1.29 is 9.90 Å². The average molecular weight is 245 g/mol. The average Bonchev–Trinajstić information content (AvgIpc) is 2.73. The number of carbonyl (C=O) groups is 1. The van der Waals surface area contributed by atoms with Crippen molar-refractivity contribution in [1.82, 2.24) is 9.38 Å². The zero-order valence-electron chi connectivity index (χ0n) is 10.1. The van der Waals surface area contributed by atoms with Crippen LogP contribution in [0, 0.1) is 0 Å². The lowest BCUT2D eigenvalue weighted by atomic mass is 10.3. The summed E-state index contributed by atoms with van der Waals surface area (Å²) in [5, 5.41) is 12.3. The van der Waals surface area contributed by atoms with E-state index >= 15 is 0 Å². The van der Waals surface area contributed by atoms with E-state index in [0.29, 0.717) is 18.0 Å². The highest BCUT2D eigenvalue weighted by atomic mass is 16.4. The fraction of sp³-hybridized carbons (Fsp3) is 0.231. The SMILES string of the molecule is C/C=C/CCNc1nc2ccccn2c1C(=O)O. The number of aromatic nitrogens is 2. The lowest BCUT2D eigenvalue weighted by Gasteiger charge is -2.02. The first-order chi connectivity index (χ1) is 8.74. The molecule has 0 aliphatic rings. The number of imidazole rings is 1. The number of hydrogen-bond donors (Lipinski definition) is 2. The third-order valence-electron chi connectivity index (χ3n) is 2.57. The van der Waals surface area contributed by atoms with Gasteiger partial charge in [0.15, 0.2) is 11.5 Å². The van der Waals surface area contributed by atoms with Gasteiger partial charge in [-0.3, -0.25) is 4.40 Å². The van der Waals surface area contributed by atoms with E-state index in [9.17, 15) is 9.90 Å². The molecule has 5 nitrogen and oxygen atoms in total. The minimum Gasteiger partial charge on any atom is -0.476 e. The van der Waals surface area contributed by atoms with Crippen molar-refractivity contribution in [2.24, 2.45) is 0 Å². The number of hydrogen-bond acceptors (Lipinski definition) is 3. The quantitative estimate of drug-likeness (QED) is 0.627. The molecule has 0 bridgehead atoms. The van der Waals surface area contributed by atoms with Crippen molar-refractivity contribution in [2.75, 3.05) is 11.9 Å². The van der Waals surface area contributed by atoms with Crippen molar-refractivity contribution in [1.29, 1.82) is 0 Å². The van der Waals surface area contributed by atoms with Crippen LogP contribution in [-0.2, 0) is 0 Å². The summed E-state index contributed by atoms with van der Waals surface area (Å²) in [6, 6.07) is 5.39. The van der Waals surface area contributed by atoms with Crippen LogP contribution in [0.15, 0.2) is 36.5 Å². The largest absolute Gasteiger partial charge is 0.476 e. The molecule has 2 rings (SSSR count). The number of anilines is 1. The topological polar surface area (TPSA) is 66.6 Å². The first-order valence-corrected chi connectivity index (χ1v) is 5.79. The molecule has 0 aliphatic carbocycles. The normalized spacial score (nSPS) is 11.2. The smallest absolute Gasteiger partial charge is 0.356 e. The lowest BCUT2D eigenvalue weighted by Crippen LogP contribution is -2.08. The van der Waals surface area contributed by atoms with Gasteiger partial charge >= 0.3 is 5.97 Å². The molecule has 2 N–H and O–H groups in total. The summed E-state index contributed by atoms with van der Waals surface area (Å²) in [6.07, 6.45) is 6.51. The molecule has 0 fully saturated rings. The van der Waals surface area contributed by atoms with Crippen LogP contribution in [0.25, 0.3) is 5.65 Å². The summed E-state index contributed by atoms with van der Waals surface area (Å²) in [6.45, 7) is 2.61. The van der Waals surface area contributed by atoms with E-state index in [0.717, 1.165) is 6.42 Å². The van der Waals surface area contributed by atoms with Crippen LogP contribution >= 0.6 is 0 Å². The van der Waals surface area contributed by atoms with Crippen molar-refractivity contribution in [3.05, 3.63) is 42.2 Å². The summed E-state index contributed by atoms with van der Waals surface area (Å²) in [7, 11) is 0. The molecule has 2 aromatic rings. The van der Waals surface area contributed by atoms with Crippen molar-refractivity contribution in [2.45, 2.75) is 13.3 Å². The van der Waals surface area contributed by atoms with Gasteiger partial charge in [0.05, 0.1) is 0 Å². The van der Waals surface area contributed by atoms with Crippen molar-refractivity contribution in [3.8, 4) is 0 Å². The van der Waals surface area contributed by atoms with E-state index in [1.165, 1.54) is 0 Å². The van der Waals surface area contributed by atoms with Crippen molar-refractivity contribution >= 4 is 17.4 Å². The molecule has 2 heterocycles. The lowest BCUT2D eigenvalue weighted by molar-refractivity contribution is 0.0690. The molecular weight excluding hydrogens is 230 g/mol. The zero-order valence-corrected chi connectivity index (χ0v) is 10.1. The number of rotatable bonds is 5. The van der Waals surface area contributed by atoms with Gasteiger partial charge in [0, 0.05) is 12.7 Å². The predicted molar refractivity (Wildman–Crippen MR) is 70.1 cm³/mol. The number of nitrogens with zero attached hydrogens (tertiary/aromatic N) is 2. The highest BCUT2D eigenvalue weighted by Gasteiger charge is 2.17. The number of pyridine rings is 1. The van der Waals surface area contributed by atoms with Crippen LogP contribution in [0.1, 0.15) is 23.8 Å². The standard InChI is InChI=1S/C13H15N3O2/c1-2-3-5-8-14-12-11(13(17)18)16-9-6-4-7-10(16)15-12/h2-4,6-7,9,14H,5,8H2,1H3,(H,17,18)/b3-2+. The van der Waals surface area contributed by atoms with Crippen LogP contribution in [0.4, 0.5) is 5.82 Å². The number of allylic oxidation sites excluding steroid dienone is 1. The third kappa shape index (κ3) is 2.34. The Morgan fingerprint density at radius 2 is 2.39 bits per heavy atom. The Kier molecular flexibility index (Phi) is 3.62. The number of fused-ring (bicyclic) bond motifs is 1. The fourth-order valence-corrected chi connectivity index (χ4v) is 1.76. The van der Waals surface area contributed by atoms with E-state index in [1.54, 1.807) is 22.7 Å². The molecule has 0 amide bonds. The molecule has 0 atom stereocenters. The highest BCUT2D eigenvalue weighted by molar-refractivity contribution is 5.92. The Bertz CT molecular complexity index is 587. The number of aromatic carboxylic acids is 1. The minimum atomic E-state index is -0.984. The van der Waals surface area contributed by atoms with Gasteiger partial charge in [0.25, 0.3) is 0 Å². The Hall–Kier alpha value is -2.30. The van der Waals surface area contributed by atoms with Crippen LogP contribution in [0.5, 0.6) is 0 Å². The first kappa shape index (κ1) is 12.2. The second kappa shape index (κ2) is 5.35. The molecular formula is C13H15N3O2. The van der Waals surface area contributed by atoms with Gasteiger partial charge < -0.3 is 10.4 Å². The Balaban J connectivity index is 2.31. The van der Waals surface area contributed by atoms with Crippen LogP contribution in [-0.4, -0.2) is 27.0 Å². The van der Waals surface area contributed by atoms with Gasteiger partial charge in [-0.25, -0.2) is 9.78 Å². The zero-order chi connectivity index (χ0) is 13.0. The summed E-state index contributed by atoms with van der Waals surface area (Å²) >= 11 is 0. The van der Waals surface area contributed by atoms with Crippen LogP contribution in [0.2, 0.25) is 0 Å². The maximum absolute atomic E-state index is 11.3. The van der Waals surface area contributed by atoms with Crippen molar-refractivity contribution in [3.63, 3.8) is 0 Å². The van der Waals surface area contributed by atoms with Gasteiger partial charge in [-0.2, -0.15) is 0 Å². The fourth-order valence-electron chi connectivity index (χ4n) is 1.76. The third-order valence-corrected chi connectivity index (χ3v) is 2.57. The predicted octanol–water partition coefficient (Wildman–Crippen LogP) is 2.41.